The number of nitrogens with zero attached hydrogens (tertiary/aromatic N) is 2. The van der Waals surface area contributed by atoms with E-state index in [0.717, 1.165) is 11.3 Å². The fraction of sp³-hybridized carbons (Fsp3) is 0.231. The second-order valence-electron chi connectivity index (χ2n) is 4.07. The van der Waals surface area contributed by atoms with Crippen molar-refractivity contribution in [1.82, 2.24) is 10.2 Å². The van der Waals surface area contributed by atoms with E-state index in [-0.39, 0.29) is 12.4 Å². The van der Waals surface area contributed by atoms with Crippen LogP contribution in [-0.4, -0.2) is 28.8 Å². The number of aromatic nitrogens is 2. The van der Waals surface area contributed by atoms with E-state index in [2.05, 4.69) is 20.8 Å². The number of anilines is 2. The molecule has 2 amide bonds. The fourth-order valence-corrected chi connectivity index (χ4v) is 2.35. The van der Waals surface area contributed by atoms with Gasteiger partial charge in [0.1, 0.15) is 5.01 Å². The van der Waals surface area contributed by atoms with Crippen LogP contribution in [0.5, 0.6) is 0 Å². The molecular weight excluding hydrogens is 328 g/mol. The Bertz CT molecular complexity index is 660. The van der Waals surface area contributed by atoms with Crippen LogP contribution in [0.15, 0.2) is 24.3 Å². The monoisotopic (exact) mass is 340 g/mol. The van der Waals surface area contributed by atoms with Gasteiger partial charge in [0.25, 0.3) is 0 Å². The van der Waals surface area contributed by atoms with Gasteiger partial charge in [0.15, 0.2) is 0 Å². The molecule has 116 valence electrons. The van der Waals surface area contributed by atoms with Crippen LogP contribution >= 0.6 is 22.9 Å². The third-order valence-corrected chi connectivity index (χ3v) is 3.48. The fourth-order valence-electron chi connectivity index (χ4n) is 1.50. The second-order valence-corrected chi connectivity index (χ2v) is 5.57. The first kappa shape index (κ1) is 16.2. The molecule has 2 rings (SSSR count). The van der Waals surface area contributed by atoms with Gasteiger partial charge in [-0.25, -0.2) is 4.79 Å². The quantitative estimate of drug-likeness (QED) is 0.816. The lowest BCUT2D eigenvalue weighted by molar-refractivity contribution is -0.142. The van der Waals surface area contributed by atoms with Crippen molar-refractivity contribution in [1.29, 1.82) is 0 Å². The summed E-state index contributed by atoms with van der Waals surface area (Å²) in [6.45, 7) is 2.04. The number of hydrogen-bond acceptors (Lipinski definition) is 6. The molecule has 0 radical (unpaired) electrons. The summed E-state index contributed by atoms with van der Waals surface area (Å²) >= 11 is 6.87. The van der Waals surface area contributed by atoms with Gasteiger partial charge in [-0.1, -0.05) is 22.9 Å². The van der Waals surface area contributed by atoms with E-state index in [1.165, 1.54) is 0 Å². The number of ether oxygens (including phenoxy) is 1. The summed E-state index contributed by atoms with van der Waals surface area (Å²) < 4.78 is 4.81. The van der Waals surface area contributed by atoms with Crippen LogP contribution in [-0.2, 0) is 16.0 Å². The number of halogens is 1. The topological polar surface area (TPSA) is 93.2 Å². The van der Waals surface area contributed by atoms with Gasteiger partial charge < -0.3 is 10.1 Å². The molecule has 0 saturated heterocycles. The summed E-state index contributed by atoms with van der Waals surface area (Å²) in [5.74, 6) is -0.379. The van der Waals surface area contributed by atoms with Gasteiger partial charge in [-0.3, -0.25) is 10.1 Å². The van der Waals surface area contributed by atoms with Gasteiger partial charge in [0.2, 0.25) is 5.13 Å². The standard InChI is InChI=1S/C13H13ClN4O3S/c1-2-21-11(19)7-10-17-18-13(22-10)16-12(20)15-9-5-3-8(14)4-6-9/h3-6H,2,7H2,1H3,(H2,15,16,18,20). The Balaban J connectivity index is 1.88. The van der Waals surface area contributed by atoms with Crippen LogP contribution in [0.1, 0.15) is 11.9 Å². The van der Waals surface area contributed by atoms with Gasteiger partial charge in [-0.2, -0.15) is 0 Å². The van der Waals surface area contributed by atoms with Crippen molar-refractivity contribution in [3.63, 3.8) is 0 Å². The summed E-state index contributed by atoms with van der Waals surface area (Å²) in [6.07, 6.45) is 0.0337. The summed E-state index contributed by atoms with van der Waals surface area (Å²) in [5.41, 5.74) is 0.596. The van der Waals surface area contributed by atoms with Crippen LogP contribution in [0, 0.1) is 0 Å². The Hall–Kier alpha value is -2.19. The highest BCUT2D eigenvalue weighted by Gasteiger charge is 2.12. The van der Waals surface area contributed by atoms with Crippen molar-refractivity contribution in [3.8, 4) is 0 Å². The highest BCUT2D eigenvalue weighted by molar-refractivity contribution is 7.15. The zero-order valence-electron chi connectivity index (χ0n) is 11.6. The molecule has 9 heteroatoms. The maximum Gasteiger partial charge on any atom is 0.325 e. The predicted molar refractivity (Wildman–Crippen MR) is 84.3 cm³/mol. The molecule has 22 heavy (non-hydrogen) atoms. The van der Waals surface area contributed by atoms with Crippen LogP contribution < -0.4 is 10.6 Å². The lowest BCUT2D eigenvalue weighted by Crippen LogP contribution is -2.19. The van der Waals surface area contributed by atoms with E-state index >= 15 is 0 Å². The third-order valence-electron chi connectivity index (χ3n) is 2.39. The Labute approximate surface area is 135 Å². The van der Waals surface area contributed by atoms with Gasteiger partial charge in [-0.15, -0.1) is 10.2 Å². The van der Waals surface area contributed by atoms with Gasteiger partial charge in [0, 0.05) is 10.7 Å². The predicted octanol–water partition coefficient (Wildman–Crippen LogP) is 2.94. The van der Waals surface area contributed by atoms with Crippen molar-refractivity contribution in [2.75, 3.05) is 17.2 Å². The minimum absolute atomic E-state index is 0.0337. The van der Waals surface area contributed by atoms with Crippen LogP contribution in [0.2, 0.25) is 5.02 Å². The number of rotatable bonds is 5. The number of carbonyl (C=O) groups is 2. The molecular formula is C13H13ClN4O3S. The third kappa shape index (κ3) is 4.97. The molecule has 2 aromatic rings. The van der Waals surface area contributed by atoms with Crippen molar-refractivity contribution >= 4 is 45.8 Å². The average Bonchev–Trinajstić information content (AvgIpc) is 2.88. The number of esters is 1. The number of amides is 2. The van der Waals surface area contributed by atoms with Crippen LogP contribution in [0.4, 0.5) is 15.6 Å². The Morgan fingerprint density at radius 2 is 1.95 bits per heavy atom. The Morgan fingerprint density at radius 3 is 2.64 bits per heavy atom. The van der Waals surface area contributed by atoms with E-state index in [1.54, 1.807) is 31.2 Å². The molecule has 1 aromatic carbocycles. The van der Waals surface area contributed by atoms with Crippen molar-refractivity contribution in [2.24, 2.45) is 0 Å². The lowest BCUT2D eigenvalue weighted by Gasteiger charge is -2.04. The number of benzene rings is 1. The van der Waals surface area contributed by atoms with Crippen LogP contribution in [0.3, 0.4) is 0 Å². The molecule has 2 N–H and O–H groups in total. The maximum atomic E-state index is 11.8. The largest absolute Gasteiger partial charge is 0.466 e. The first-order chi connectivity index (χ1) is 10.6. The minimum Gasteiger partial charge on any atom is -0.466 e. The molecule has 7 nitrogen and oxygen atoms in total. The SMILES string of the molecule is CCOC(=O)Cc1nnc(NC(=O)Nc2ccc(Cl)cc2)s1. The van der Waals surface area contributed by atoms with E-state index in [9.17, 15) is 9.59 Å². The lowest BCUT2D eigenvalue weighted by atomic mass is 10.3. The highest BCUT2D eigenvalue weighted by Crippen LogP contribution is 2.17. The second kappa shape index (κ2) is 7.71. The smallest absolute Gasteiger partial charge is 0.325 e. The number of nitrogens with one attached hydrogen (secondary N) is 2. The molecule has 0 atom stereocenters. The summed E-state index contributed by atoms with van der Waals surface area (Å²) in [4.78, 5) is 23.1. The average molecular weight is 341 g/mol. The summed E-state index contributed by atoms with van der Waals surface area (Å²) in [6, 6.07) is 6.22. The Kier molecular flexibility index (Phi) is 5.68. The Morgan fingerprint density at radius 1 is 1.23 bits per heavy atom. The normalized spacial score (nSPS) is 10.1. The molecule has 0 bridgehead atoms. The number of hydrogen-bond donors (Lipinski definition) is 2. The maximum absolute atomic E-state index is 11.8. The van der Waals surface area contributed by atoms with Gasteiger partial charge >= 0.3 is 12.0 Å². The highest BCUT2D eigenvalue weighted by atomic mass is 35.5. The molecule has 0 saturated carbocycles. The van der Waals surface area contributed by atoms with Crippen molar-refractivity contribution in [3.05, 3.63) is 34.3 Å². The molecule has 0 aliphatic heterocycles. The zero-order chi connectivity index (χ0) is 15.9. The number of urea groups is 1. The van der Waals surface area contributed by atoms with E-state index in [1.807, 2.05) is 0 Å². The van der Waals surface area contributed by atoms with Crippen LogP contribution in [0.25, 0.3) is 0 Å². The molecule has 0 spiro atoms. The van der Waals surface area contributed by atoms with E-state index in [4.69, 9.17) is 16.3 Å². The zero-order valence-corrected chi connectivity index (χ0v) is 13.2. The van der Waals surface area contributed by atoms with Gasteiger partial charge in [0.05, 0.1) is 13.0 Å². The molecule has 0 fully saturated rings. The minimum atomic E-state index is -0.457. The summed E-state index contributed by atoms with van der Waals surface area (Å²) in [5, 5.41) is 14.1. The molecule has 1 aromatic heterocycles. The number of carbonyl (C=O) groups excluding carboxylic acids is 2. The first-order valence-corrected chi connectivity index (χ1v) is 7.58. The molecule has 0 aliphatic rings. The first-order valence-electron chi connectivity index (χ1n) is 6.38. The molecule has 0 unspecified atom stereocenters. The van der Waals surface area contributed by atoms with Crippen molar-refractivity contribution in [2.45, 2.75) is 13.3 Å². The molecule has 1 heterocycles. The van der Waals surface area contributed by atoms with E-state index < -0.39 is 6.03 Å². The van der Waals surface area contributed by atoms with Crippen molar-refractivity contribution < 1.29 is 14.3 Å². The van der Waals surface area contributed by atoms with Gasteiger partial charge in [-0.05, 0) is 31.2 Å². The molecule has 0 aliphatic carbocycles. The summed E-state index contributed by atoms with van der Waals surface area (Å²) in [7, 11) is 0. The van der Waals surface area contributed by atoms with E-state index in [0.29, 0.717) is 27.5 Å².